The van der Waals surface area contributed by atoms with Gasteiger partial charge in [-0.3, -0.25) is 0 Å². The zero-order chi connectivity index (χ0) is 16.3. The van der Waals surface area contributed by atoms with E-state index in [1.165, 1.54) is 24.3 Å². The lowest BCUT2D eigenvalue weighted by Crippen LogP contribution is -2.19. The second kappa shape index (κ2) is 6.27. The number of rotatable bonds is 4. The van der Waals surface area contributed by atoms with Gasteiger partial charge in [0, 0.05) is 19.7 Å². The lowest BCUT2D eigenvalue weighted by atomic mass is 10.2. The zero-order valence-electron chi connectivity index (χ0n) is 11.4. The van der Waals surface area contributed by atoms with E-state index in [0.717, 1.165) is 0 Å². The highest BCUT2D eigenvalue weighted by Gasteiger charge is 2.31. The molecule has 0 saturated heterocycles. The smallest absolute Gasteiger partial charge is 0.406 e. The number of benzene rings is 1. The largest absolute Gasteiger partial charge is 0.573 e. The molecule has 0 aliphatic rings. The van der Waals surface area contributed by atoms with Gasteiger partial charge in [-0.2, -0.15) is 4.98 Å². The van der Waals surface area contributed by atoms with Crippen LogP contribution >= 0.6 is 11.6 Å². The molecule has 2 rings (SSSR count). The summed E-state index contributed by atoms with van der Waals surface area (Å²) in [5, 5.41) is 0.184. The molecule has 0 amide bonds. The van der Waals surface area contributed by atoms with Gasteiger partial charge in [0.15, 0.2) is 0 Å². The molecule has 1 aromatic heterocycles. The minimum absolute atomic E-state index is 0.0171. The summed E-state index contributed by atoms with van der Waals surface area (Å²) < 4.78 is 40.5. The molecule has 0 spiro atoms. The van der Waals surface area contributed by atoms with Crippen LogP contribution in [0, 0.1) is 0 Å². The minimum Gasteiger partial charge on any atom is -0.406 e. The van der Waals surface area contributed by atoms with Crippen molar-refractivity contribution in [3.8, 4) is 5.75 Å². The molecule has 0 atom stereocenters. The Balaban J connectivity index is 2.14. The van der Waals surface area contributed by atoms with Crippen LogP contribution in [0.15, 0.2) is 30.3 Å². The van der Waals surface area contributed by atoms with E-state index in [4.69, 9.17) is 17.3 Å². The summed E-state index contributed by atoms with van der Waals surface area (Å²) >= 11 is 5.79. The van der Waals surface area contributed by atoms with Gasteiger partial charge in [0.05, 0.1) is 0 Å². The number of hydrogen-bond acceptors (Lipinski definition) is 5. The second-order valence-electron chi connectivity index (χ2n) is 4.46. The van der Waals surface area contributed by atoms with Crippen molar-refractivity contribution in [3.05, 3.63) is 41.0 Å². The van der Waals surface area contributed by atoms with Gasteiger partial charge in [0.1, 0.15) is 16.7 Å². The Bertz CT molecular complexity index is 646. The molecule has 2 N–H and O–H groups in total. The Kier molecular flexibility index (Phi) is 4.60. The predicted octanol–water partition coefficient (Wildman–Crippen LogP) is 3.25. The van der Waals surface area contributed by atoms with Crippen LogP contribution in [-0.2, 0) is 6.54 Å². The van der Waals surface area contributed by atoms with Gasteiger partial charge in [0.25, 0.3) is 0 Å². The topological polar surface area (TPSA) is 64.3 Å². The van der Waals surface area contributed by atoms with Crippen molar-refractivity contribution in [2.24, 2.45) is 0 Å². The number of anilines is 2. The average Bonchev–Trinajstić information content (AvgIpc) is 2.35. The van der Waals surface area contributed by atoms with Crippen LogP contribution in [0.1, 0.15) is 5.56 Å². The van der Waals surface area contributed by atoms with Gasteiger partial charge in [-0.25, -0.2) is 4.98 Å². The molecule has 1 aromatic carbocycles. The Morgan fingerprint density at radius 3 is 2.64 bits per heavy atom. The molecule has 0 radical (unpaired) electrons. The van der Waals surface area contributed by atoms with E-state index in [-0.39, 0.29) is 16.9 Å². The van der Waals surface area contributed by atoms with Crippen molar-refractivity contribution in [1.82, 2.24) is 9.97 Å². The molecule has 0 aliphatic heterocycles. The monoisotopic (exact) mass is 332 g/mol. The van der Waals surface area contributed by atoms with Gasteiger partial charge in [-0.15, -0.1) is 13.2 Å². The highest BCUT2D eigenvalue weighted by atomic mass is 35.5. The maximum Gasteiger partial charge on any atom is 0.573 e. The van der Waals surface area contributed by atoms with Crippen LogP contribution in [-0.4, -0.2) is 23.4 Å². The maximum atomic E-state index is 12.2. The summed E-state index contributed by atoms with van der Waals surface area (Å²) in [7, 11) is 1.70. The molecule has 9 heteroatoms. The van der Waals surface area contributed by atoms with E-state index in [1.54, 1.807) is 18.0 Å². The fourth-order valence-electron chi connectivity index (χ4n) is 1.81. The molecular weight excluding hydrogens is 321 g/mol. The highest BCUT2D eigenvalue weighted by molar-refractivity contribution is 6.29. The van der Waals surface area contributed by atoms with Crippen molar-refractivity contribution in [2.75, 3.05) is 17.7 Å². The van der Waals surface area contributed by atoms with Gasteiger partial charge >= 0.3 is 6.36 Å². The number of hydrogen-bond donors (Lipinski definition) is 1. The molecule has 0 bridgehead atoms. The van der Waals surface area contributed by atoms with E-state index >= 15 is 0 Å². The second-order valence-corrected chi connectivity index (χ2v) is 4.85. The van der Waals surface area contributed by atoms with Crippen molar-refractivity contribution in [1.29, 1.82) is 0 Å². The van der Waals surface area contributed by atoms with Gasteiger partial charge in [-0.05, 0) is 17.7 Å². The quantitative estimate of drug-likeness (QED) is 0.871. The maximum absolute atomic E-state index is 12.2. The van der Waals surface area contributed by atoms with Gasteiger partial charge in [0.2, 0.25) is 5.95 Å². The third kappa shape index (κ3) is 4.66. The predicted molar refractivity (Wildman–Crippen MR) is 76.7 cm³/mol. The van der Waals surface area contributed by atoms with E-state index in [9.17, 15) is 13.2 Å². The number of nitrogens with two attached hydrogens (primary N) is 1. The van der Waals surface area contributed by atoms with Crippen molar-refractivity contribution < 1.29 is 17.9 Å². The van der Waals surface area contributed by atoms with Gasteiger partial charge < -0.3 is 15.4 Å². The molecule has 0 unspecified atom stereocenters. The Morgan fingerprint density at radius 2 is 2.00 bits per heavy atom. The summed E-state index contributed by atoms with van der Waals surface area (Å²) in [5.74, 6) is 0.196. The SMILES string of the molecule is CN(Cc1cccc(OC(F)(F)F)c1)c1cc(Cl)nc(N)n1. The van der Waals surface area contributed by atoms with Crippen LogP contribution in [0.4, 0.5) is 24.9 Å². The lowest BCUT2D eigenvalue weighted by molar-refractivity contribution is -0.274. The third-order valence-corrected chi connectivity index (χ3v) is 2.84. The van der Waals surface area contributed by atoms with E-state index < -0.39 is 6.36 Å². The highest BCUT2D eigenvalue weighted by Crippen LogP contribution is 2.24. The number of nitrogens with zero attached hydrogens (tertiary/aromatic N) is 3. The van der Waals surface area contributed by atoms with Crippen LogP contribution in [0.25, 0.3) is 0 Å². The van der Waals surface area contributed by atoms with E-state index in [0.29, 0.717) is 17.9 Å². The minimum atomic E-state index is -4.72. The van der Waals surface area contributed by atoms with E-state index in [2.05, 4.69) is 14.7 Å². The standard InChI is InChI=1S/C13H12ClF3N4O/c1-21(11-6-10(14)19-12(18)20-11)7-8-3-2-4-9(5-8)22-13(15,16)17/h2-6H,7H2,1H3,(H2,18,19,20). The molecule has 22 heavy (non-hydrogen) atoms. The first kappa shape index (κ1) is 16.2. The summed E-state index contributed by atoms with van der Waals surface area (Å²) in [6, 6.07) is 7.19. The molecule has 0 aliphatic carbocycles. The first-order chi connectivity index (χ1) is 10.2. The van der Waals surface area contributed by atoms with Crippen LogP contribution < -0.4 is 15.4 Å². The molecule has 2 aromatic rings. The van der Waals surface area contributed by atoms with Gasteiger partial charge in [-0.1, -0.05) is 23.7 Å². The van der Waals surface area contributed by atoms with E-state index in [1.807, 2.05) is 0 Å². The third-order valence-electron chi connectivity index (χ3n) is 2.64. The summed E-state index contributed by atoms with van der Waals surface area (Å²) in [5.41, 5.74) is 6.11. The number of ether oxygens (including phenoxy) is 1. The first-order valence-electron chi connectivity index (χ1n) is 6.09. The van der Waals surface area contributed by atoms with Crippen LogP contribution in [0.5, 0.6) is 5.75 Å². The molecule has 0 saturated carbocycles. The normalized spacial score (nSPS) is 11.3. The Labute approximate surface area is 129 Å². The summed E-state index contributed by atoms with van der Waals surface area (Å²) in [6.45, 7) is 0.293. The summed E-state index contributed by atoms with van der Waals surface area (Å²) in [6.07, 6.45) is -4.72. The number of aromatic nitrogens is 2. The molecule has 0 fully saturated rings. The lowest BCUT2D eigenvalue weighted by Gasteiger charge is -2.19. The van der Waals surface area contributed by atoms with Crippen molar-refractivity contribution in [2.45, 2.75) is 12.9 Å². The molecule has 5 nitrogen and oxygen atoms in total. The average molecular weight is 333 g/mol. The van der Waals surface area contributed by atoms with Crippen molar-refractivity contribution in [3.63, 3.8) is 0 Å². The number of halogens is 4. The zero-order valence-corrected chi connectivity index (χ0v) is 12.2. The fourth-order valence-corrected chi connectivity index (χ4v) is 2.00. The molecule has 118 valence electrons. The van der Waals surface area contributed by atoms with Crippen molar-refractivity contribution >= 4 is 23.4 Å². The Hall–Kier alpha value is -2.22. The van der Waals surface area contributed by atoms with Crippen LogP contribution in [0.3, 0.4) is 0 Å². The number of alkyl halides is 3. The number of nitrogen functional groups attached to an aromatic ring is 1. The molecule has 1 heterocycles. The Morgan fingerprint density at radius 1 is 1.27 bits per heavy atom. The summed E-state index contributed by atoms with van der Waals surface area (Å²) in [4.78, 5) is 9.42. The fraction of sp³-hybridized carbons (Fsp3) is 0.231. The van der Waals surface area contributed by atoms with Crippen LogP contribution in [0.2, 0.25) is 5.15 Å². The molecular formula is C13H12ClF3N4O. The first-order valence-corrected chi connectivity index (χ1v) is 6.46.